The number of carboxylic acid groups (broad SMARTS) is 1. The topological polar surface area (TPSA) is 66.8 Å². The molecule has 0 bridgehead atoms. The van der Waals surface area contributed by atoms with Gasteiger partial charge in [-0.05, 0) is 78.3 Å². The number of hydrogen-bond acceptors (Lipinski definition) is 3. The molecule has 1 aliphatic rings. The van der Waals surface area contributed by atoms with Crippen LogP contribution in [-0.4, -0.2) is 34.0 Å². The zero-order valence-electron chi connectivity index (χ0n) is 21.0. The summed E-state index contributed by atoms with van der Waals surface area (Å²) in [5.74, 6) is -0.736. The van der Waals surface area contributed by atoms with Gasteiger partial charge in [-0.25, -0.2) is 4.39 Å². The second-order valence-electron chi connectivity index (χ2n) is 10.1. The lowest BCUT2D eigenvalue weighted by Crippen LogP contribution is -2.39. The van der Waals surface area contributed by atoms with Crippen LogP contribution in [0.5, 0.6) is 5.75 Å². The molecule has 3 aromatic carbocycles. The average molecular weight is 490 g/mol. The van der Waals surface area contributed by atoms with Gasteiger partial charge in [-0.1, -0.05) is 50.2 Å². The fourth-order valence-corrected chi connectivity index (χ4v) is 4.70. The Morgan fingerprint density at radius 3 is 2.47 bits per heavy atom. The van der Waals surface area contributed by atoms with E-state index in [1.165, 1.54) is 28.2 Å². The lowest BCUT2D eigenvalue weighted by atomic mass is 9.86. The van der Waals surface area contributed by atoms with Gasteiger partial charge in [-0.2, -0.15) is 0 Å². The number of carboxylic acids is 1. The summed E-state index contributed by atoms with van der Waals surface area (Å²) in [5.41, 5.74) is 4.02. The molecule has 1 heterocycles. The van der Waals surface area contributed by atoms with Gasteiger partial charge in [0.25, 0.3) is 5.91 Å². The minimum Gasteiger partial charge on any atom is -0.487 e. The van der Waals surface area contributed by atoms with Crippen LogP contribution in [0.15, 0.2) is 66.7 Å². The van der Waals surface area contributed by atoms with Crippen LogP contribution in [-0.2, 0) is 24.2 Å². The molecule has 1 amide bonds. The summed E-state index contributed by atoms with van der Waals surface area (Å²) in [6.07, 6.45) is 2.33. The fourth-order valence-electron chi connectivity index (χ4n) is 4.70. The number of amides is 1. The third-order valence-corrected chi connectivity index (χ3v) is 6.69. The van der Waals surface area contributed by atoms with Crippen LogP contribution in [0.25, 0.3) is 0 Å². The smallest absolute Gasteiger partial charge is 0.323 e. The third-order valence-electron chi connectivity index (χ3n) is 6.69. The average Bonchev–Trinajstić information content (AvgIpc) is 2.83. The van der Waals surface area contributed by atoms with Crippen LogP contribution < -0.4 is 4.74 Å². The number of carbonyl (C=O) groups excluding carboxylic acids is 1. The Kier molecular flexibility index (Phi) is 7.43. The van der Waals surface area contributed by atoms with Crippen molar-refractivity contribution < 1.29 is 23.8 Å². The Balaban J connectivity index is 1.49. The Hall–Kier alpha value is -3.67. The van der Waals surface area contributed by atoms with Crippen molar-refractivity contribution in [3.63, 3.8) is 0 Å². The second-order valence-corrected chi connectivity index (χ2v) is 10.1. The Bertz CT molecular complexity index is 1250. The SMILES string of the molecule is CC(C)c1ccc(C[C@]2(C)CCc3cc(C(=O)N(CC(=O)O)Cc4cccc(F)c4)ccc3O2)cc1. The lowest BCUT2D eigenvalue weighted by Gasteiger charge is -2.36. The zero-order valence-corrected chi connectivity index (χ0v) is 21.0. The zero-order chi connectivity index (χ0) is 25.9. The first-order valence-electron chi connectivity index (χ1n) is 12.3. The van der Waals surface area contributed by atoms with Crippen LogP contribution >= 0.6 is 0 Å². The summed E-state index contributed by atoms with van der Waals surface area (Å²) in [6.45, 7) is 6.00. The lowest BCUT2D eigenvalue weighted by molar-refractivity contribution is -0.137. The molecule has 0 spiro atoms. The molecule has 0 unspecified atom stereocenters. The molecule has 5 nitrogen and oxygen atoms in total. The monoisotopic (exact) mass is 489 g/mol. The summed E-state index contributed by atoms with van der Waals surface area (Å²) < 4.78 is 20.0. The standard InChI is InChI=1S/C30H32FNO4/c1-20(2)23-9-7-21(8-10-23)17-30(3)14-13-24-16-25(11-12-27(24)36-30)29(35)32(19-28(33)34)18-22-5-4-6-26(31)15-22/h4-12,15-16,20H,13-14,17-19H2,1-3H3,(H,33,34)/t30-/m0/s1. The first-order valence-corrected chi connectivity index (χ1v) is 12.3. The molecule has 1 atom stereocenters. The molecule has 188 valence electrons. The molecule has 0 radical (unpaired) electrons. The summed E-state index contributed by atoms with van der Waals surface area (Å²) >= 11 is 0. The highest BCUT2D eigenvalue weighted by molar-refractivity contribution is 5.96. The number of halogens is 1. The number of carbonyl (C=O) groups is 2. The third kappa shape index (κ3) is 6.11. The van der Waals surface area contributed by atoms with Crippen molar-refractivity contribution in [2.75, 3.05) is 6.54 Å². The molecule has 4 rings (SSSR count). The van der Waals surface area contributed by atoms with Gasteiger partial charge in [-0.3, -0.25) is 9.59 Å². The molecule has 0 aliphatic carbocycles. The molecule has 0 fully saturated rings. The van der Waals surface area contributed by atoms with Crippen LogP contribution in [0.3, 0.4) is 0 Å². The van der Waals surface area contributed by atoms with E-state index in [2.05, 4.69) is 45.0 Å². The quantitative estimate of drug-likeness (QED) is 0.421. The normalized spacial score (nSPS) is 16.8. The maximum absolute atomic E-state index is 13.6. The van der Waals surface area contributed by atoms with Crippen LogP contribution in [0.2, 0.25) is 0 Å². The van der Waals surface area contributed by atoms with E-state index in [9.17, 15) is 19.1 Å². The first kappa shape index (κ1) is 25.4. The van der Waals surface area contributed by atoms with Gasteiger partial charge in [-0.15, -0.1) is 0 Å². The van der Waals surface area contributed by atoms with Crippen molar-refractivity contribution >= 4 is 11.9 Å². The largest absolute Gasteiger partial charge is 0.487 e. The van der Waals surface area contributed by atoms with Crippen molar-refractivity contribution in [2.24, 2.45) is 0 Å². The summed E-state index contributed by atoms with van der Waals surface area (Å²) in [5, 5.41) is 9.34. The molecule has 0 saturated carbocycles. The van der Waals surface area contributed by atoms with E-state index < -0.39 is 24.2 Å². The molecule has 6 heteroatoms. The minimum atomic E-state index is -1.13. The van der Waals surface area contributed by atoms with E-state index in [1.807, 2.05) is 0 Å². The minimum absolute atomic E-state index is 0.00412. The Labute approximate surface area is 211 Å². The Morgan fingerprint density at radius 1 is 1.06 bits per heavy atom. The predicted molar refractivity (Wildman–Crippen MR) is 137 cm³/mol. The van der Waals surface area contributed by atoms with Gasteiger partial charge in [0.1, 0.15) is 23.7 Å². The van der Waals surface area contributed by atoms with Crippen molar-refractivity contribution in [3.8, 4) is 5.75 Å². The molecule has 0 saturated heterocycles. The summed E-state index contributed by atoms with van der Waals surface area (Å²) in [4.78, 5) is 25.9. The molecular weight excluding hydrogens is 457 g/mol. The van der Waals surface area contributed by atoms with E-state index in [0.717, 1.165) is 30.6 Å². The van der Waals surface area contributed by atoms with Gasteiger partial charge in [0.05, 0.1) is 0 Å². The maximum atomic E-state index is 13.6. The number of fused-ring (bicyclic) bond motifs is 1. The first-order chi connectivity index (χ1) is 17.1. The van der Waals surface area contributed by atoms with E-state index in [4.69, 9.17) is 4.74 Å². The van der Waals surface area contributed by atoms with Crippen LogP contribution in [0, 0.1) is 5.82 Å². The molecule has 1 N–H and O–H groups in total. The molecular formula is C30H32FNO4. The number of hydrogen-bond donors (Lipinski definition) is 1. The number of aryl methyl sites for hydroxylation is 1. The fraction of sp³-hybridized carbons (Fsp3) is 0.333. The van der Waals surface area contributed by atoms with Crippen LogP contribution in [0.4, 0.5) is 4.39 Å². The van der Waals surface area contributed by atoms with Gasteiger partial charge < -0.3 is 14.7 Å². The predicted octanol–water partition coefficient (Wildman–Crippen LogP) is 6.00. The summed E-state index contributed by atoms with van der Waals surface area (Å²) in [6, 6.07) is 19.7. The number of nitrogens with zero attached hydrogens (tertiary/aromatic N) is 1. The molecule has 1 aliphatic heterocycles. The molecule has 0 aromatic heterocycles. The van der Waals surface area contributed by atoms with E-state index in [0.29, 0.717) is 17.0 Å². The maximum Gasteiger partial charge on any atom is 0.323 e. The molecule has 36 heavy (non-hydrogen) atoms. The second kappa shape index (κ2) is 10.5. The molecule has 3 aromatic rings. The Morgan fingerprint density at radius 2 is 1.81 bits per heavy atom. The number of aliphatic carboxylic acids is 1. The van der Waals surface area contributed by atoms with Gasteiger partial charge >= 0.3 is 5.97 Å². The number of benzene rings is 3. The highest BCUT2D eigenvalue weighted by atomic mass is 19.1. The number of rotatable bonds is 8. The van der Waals surface area contributed by atoms with Crippen molar-refractivity contribution in [1.29, 1.82) is 0 Å². The van der Waals surface area contributed by atoms with Crippen molar-refractivity contribution in [1.82, 2.24) is 4.90 Å². The van der Waals surface area contributed by atoms with E-state index in [-0.39, 0.29) is 12.1 Å². The van der Waals surface area contributed by atoms with Gasteiger partial charge in [0.2, 0.25) is 0 Å². The van der Waals surface area contributed by atoms with Crippen molar-refractivity contribution in [2.45, 2.75) is 58.1 Å². The van der Waals surface area contributed by atoms with Gasteiger partial charge in [0, 0.05) is 18.5 Å². The van der Waals surface area contributed by atoms with E-state index >= 15 is 0 Å². The summed E-state index contributed by atoms with van der Waals surface area (Å²) in [7, 11) is 0. The highest BCUT2D eigenvalue weighted by Crippen LogP contribution is 2.36. The van der Waals surface area contributed by atoms with Crippen molar-refractivity contribution in [3.05, 3.63) is 100 Å². The van der Waals surface area contributed by atoms with E-state index in [1.54, 1.807) is 30.3 Å². The number of ether oxygens (including phenoxy) is 1. The van der Waals surface area contributed by atoms with Gasteiger partial charge in [0.15, 0.2) is 0 Å². The van der Waals surface area contributed by atoms with Crippen LogP contribution in [0.1, 0.15) is 65.7 Å². The highest BCUT2D eigenvalue weighted by Gasteiger charge is 2.32.